The molecule has 1 rings (SSSR count). The number of benzene rings is 1. The fourth-order valence-corrected chi connectivity index (χ4v) is 1.99. The number of nitrogen functional groups attached to an aromatic ring is 1. The summed E-state index contributed by atoms with van der Waals surface area (Å²) in [6, 6.07) is 3.61. The minimum Gasteiger partial charge on any atom is -0.398 e. The summed E-state index contributed by atoms with van der Waals surface area (Å²) in [6.45, 7) is 7.64. The van der Waals surface area contributed by atoms with Gasteiger partial charge in [0.2, 0.25) is 5.91 Å². The molecule has 0 fully saturated rings. The Labute approximate surface area is 116 Å². The van der Waals surface area contributed by atoms with Crippen LogP contribution in [-0.2, 0) is 4.79 Å². The van der Waals surface area contributed by atoms with Crippen LogP contribution >= 0.6 is 15.9 Å². The van der Waals surface area contributed by atoms with Crippen molar-refractivity contribution in [1.82, 2.24) is 5.32 Å². The second kappa shape index (κ2) is 6.09. The number of nitrogens with one attached hydrogen (secondary N) is 2. The highest BCUT2D eigenvalue weighted by Crippen LogP contribution is 2.28. The van der Waals surface area contributed by atoms with E-state index in [4.69, 9.17) is 5.73 Å². The summed E-state index contributed by atoms with van der Waals surface area (Å²) < 4.78 is 0.856. The van der Waals surface area contributed by atoms with Crippen LogP contribution in [0.3, 0.4) is 0 Å². The average Bonchev–Trinajstić information content (AvgIpc) is 2.24. The first-order chi connectivity index (χ1) is 8.31. The lowest BCUT2D eigenvalue weighted by molar-refractivity contribution is -0.122. The molecule has 0 bridgehead atoms. The normalized spacial score (nSPS) is 12.3. The first-order valence-corrected chi connectivity index (χ1v) is 6.73. The number of hydrogen-bond acceptors (Lipinski definition) is 3. The van der Waals surface area contributed by atoms with Crippen molar-refractivity contribution in [3.63, 3.8) is 0 Å². The fraction of sp³-hybridized carbons (Fsp3) is 0.462. The molecule has 0 aliphatic rings. The Balaban J connectivity index is 2.79. The third-order valence-corrected chi connectivity index (χ3v) is 3.21. The molecule has 1 atom stereocenters. The van der Waals surface area contributed by atoms with E-state index in [1.165, 1.54) is 0 Å². The third kappa shape index (κ3) is 3.91. The van der Waals surface area contributed by atoms with Gasteiger partial charge in [0, 0.05) is 21.9 Å². The largest absolute Gasteiger partial charge is 0.398 e. The van der Waals surface area contributed by atoms with E-state index in [0.717, 1.165) is 21.4 Å². The van der Waals surface area contributed by atoms with Gasteiger partial charge in [0.15, 0.2) is 0 Å². The molecule has 1 aromatic carbocycles. The minimum absolute atomic E-state index is 0.0219. The van der Waals surface area contributed by atoms with Crippen molar-refractivity contribution in [2.45, 2.75) is 39.8 Å². The van der Waals surface area contributed by atoms with Crippen LogP contribution in [0.15, 0.2) is 16.6 Å². The Hall–Kier alpha value is -1.23. The van der Waals surface area contributed by atoms with Gasteiger partial charge in [0.05, 0.1) is 0 Å². The second-order valence-corrected chi connectivity index (χ2v) is 5.57. The summed E-state index contributed by atoms with van der Waals surface area (Å²) >= 11 is 3.44. The molecule has 0 aromatic heterocycles. The van der Waals surface area contributed by atoms with Crippen LogP contribution in [0.5, 0.6) is 0 Å². The highest BCUT2D eigenvalue weighted by Gasteiger charge is 2.15. The number of rotatable bonds is 4. The van der Waals surface area contributed by atoms with Gasteiger partial charge in [-0.25, -0.2) is 0 Å². The maximum Gasteiger partial charge on any atom is 0.242 e. The molecular weight excluding hydrogens is 294 g/mol. The highest BCUT2D eigenvalue weighted by atomic mass is 79.9. The third-order valence-electron chi connectivity index (χ3n) is 2.55. The van der Waals surface area contributed by atoms with E-state index < -0.39 is 0 Å². The monoisotopic (exact) mass is 313 g/mol. The zero-order valence-electron chi connectivity index (χ0n) is 11.2. The first-order valence-electron chi connectivity index (χ1n) is 5.93. The number of hydrogen-bond donors (Lipinski definition) is 3. The quantitative estimate of drug-likeness (QED) is 0.749. The van der Waals surface area contributed by atoms with Crippen LogP contribution in [0.2, 0.25) is 0 Å². The Bertz CT molecular complexity index is 446. The van der Waals surface area contributed by atoms with Gasteiger partial charge in [0.1, 0.15) is 6.04 Å². The van der Waals surface area contributed by atoms with E-state index in [-0.39, 0.29) is 18.0 Å². The van der Waals surface area contributed by atoms with Crippen LogP contribution in [0.4, 0.5) is 11.4 Å². The van der Waals surface area contributed by atoms with Crippen LogP contribution in [0.1, 0.15) is 26.3 Å². The molecule has 18 heavy (non-hydrogen) atoms. The standard InChI is InChI=1S/C13H20BrN3O/c1-7(2)16-13(18)9(4)17-12-5-8(3)11(15)6-10(12)14/h5-7,9,17H,15H2,1-4H3,(H,16,18). The Morgan fingerprint density at radius 1 is 1.33 bits per heavy atom. The van der Waals surface area contributed by atoms with E-state index in [1.54, 1.807) is 0 Å². The van der Waals surface area contributed by atoms with Gasteiger partial charge in [-0.2, -0.15) is 0 Å². The molecule has 4 N–H and O–H groups in total. The summed E-state index contributed by atoms with van der Waals surface area (Å²) in [5.74, 6) is -0.0219. The Morgan fingerprint density at radius 2 is 1.94 bits per heavy atom. The predicted molar refractivity (Wildman–Crippen MR) is 79.7 cm³/mol. The summed E-state index contributed by atoms with van der Waals surface area (Å²) in [5, 5.41) is 6.04. The van der Waals surface area contributed by atoms with Gasteiger partial charge in [-0.05, 0) is 61.3 Å². The zero-order chi connectivity index (χ0) is 13.9. The van der Waals surface area contributed by atoms with E-state index in [9.17, 15) is 4.79 Å². The second-order valence-electron chi connectivity index (χ2n) is 4.72. The van der Waals surface area contributed by atoms with Crippen LogP contribution in [0.25, 0.3) is 0 Å². The molecule has 1 unspecified atom stereocenters. The van der Waals surface area contributed by atoms with Crippen molar-refractivity contribution in [3.8, 4) is 0 Å². The van der Waals surface area contributed by atoms with Gasteiger partial charge in [-0.1, -0.05) is 0 Å². The Kier molecular flexibility index (Phi) is 5.02. The number of anilines is 2. The molecule has 1 aromatic rings. The number of nitrogens with two attached hydrogens (primary N) is 1. The molecule has 0 radical (unpaired) electrons. The van der Waals surface area contributed by atoms with Crippen molar-refractivity contribution >= 4 is 33.2 Å². The highest BCUT2D eigenvalue weighted by molar-refractivity contribution is 9.10. The van der Waals surface area contributed by atoms with Crippen molar-refractivity contribution in [1.29, 1.82) is 0 Å². The van der Waals surface area contributed by atoms with E-state index in [2.05, 4.69) is 26.6 Å². The molecule has 5 heteroatoms. The molecule has 0 aliphatic heterocycles. The van der Waals surface area contributed by atoms with E-state index in [1.807, 2.05) is 39.8 Å². The lowest BCUT2D eigenvalue weighted by Gasteiger charge is -2.18. The van der Waals surface area contributed by atoms with Crippen molar-refractivity contribution in [3.05, 3.63) is 22.2 Å². The van der Waals surface area contributed by atoms with E-state index in [0.29, 0.717) is 0 Å². The summed E-state index contributed by atoms with van der Waals surface area (Å²) in [5.41, 5.74) is 8.39. The molecule has 0 heterocycles. The maximum atomic E-state index is 11.8. The smallest absolute Gasteiger partial charge is 0.242 e. The maximum absolute atomic E-state index is 11.8. The average molecular weight is 314 g/mol. The molecule has 100 valence electrons. The number of amides is 1. The molecule has 0 saturated heterocycles. The lowest BCUT2D eigenvalue weighted by Crippen LogP contribution is -2.41. The topological polar surface area (TPSA) is 67.2 Å². The summed E-state index contributed by atoms with van der Waals surface area (Å²) in [6.07, 6.45) is 0. The predicted octanol–water partition coefficient (Wildman–Crippen LogP) is 2.66. The zero-order valence-corrected chi connectivity index (χ0v) is 12.8. The van der Waals surface area contributed by atoms with Crippen molar-refractivity contribution < 1.29 is 4.79 Å². The lowest BCUT2D eigenvalue weighted by atomic mass is 10.1. The number of carbonyl (C=O) groups excluding carboxylic acids is 1. The van der Waals surface area contributed by atoms with Gasteiger partial charge < -0.3 is 16.4 Å². The van der Waals surface area contributed by atoms with Crippen molar-refractivity contribution in [2.75, 3.05) is 11.1 Å². The van der Waals surface area contributed by atoms with Gasteiger partial charge in [-0.3, -0.25) is 4.79 Å². The van der Waals surface area contributed by atoms with Gasteiger partial charge in [0.25, 0.3) is 0 Å². The van der Waals surface area contributed by atoms with E-state index >= 15 is 0 Å². The first kappa shape index (κ1) is 14.8. The number of aryl methyl sites for hydroxylation is 1. The SMILES string of the molecule is Cc1cc(NC(C)C(=O)NC(C)C)c(Br)cc1N. The molecular formula is C13H20BrN3O. The van der Waals surface area contributed by atoms with Crippen LogP contribution in [0, 0.1) is 6.92 Å². The Morgan fingerprint density at radius 3 is 2.50 bits per heavy atom. The molecule has 0 saturated carbocycles. The number of halogens is 1. The minimum atomic E-state index is -0.299. The number of carbonyl (C=O) groups is 1. The molecule has 1 amide bonds. The molecule has 0 spiro atoms. The van der Waals surface area contributed by atoms with Crippen LogP contribution in [-0.4, -0.2) is 18.0 Å². The summed E-state index contributed by atoms with van der Waals surface area (Å²) in [4.78, 5) is 11.8. The molecule has 4 nitrogen and oxygen atoms in total. The van der Waals surface area contributed by atoms with Crippen LogP contribution < -0.4 is 16.4 Å². The fourth-order valence-electron chi connectivity index (χ4n) is 1.52. The molecule has 0 aliphatic carbocycles. The summed E-state index contributed by atoms with van der Waals surface area (Å²) in [7, 11) is 0. The van der Waals surface area contributed by atoms with Gasteiger partial charge >= 0.3 is 0 Å². The van der Waals surface area contributed by atoms with Crippen molar-refractivity contribution in [2.24, 2.45) is 0 Å². The van der Waals surface area contributed by atoms with Gasteiger partial charge in [-0.15, -0.1) is 0 Å².